The van der Waals surface area contributed by atoms with E-state index < -0.39 is 0 Å². The van der Waals surface area contributed by atoms with Crippen molar-refractivity contribution in [1.29, 1.82) is 0 Å². The maximum atomic E-state index is 10.1. The van der Waals surface area contributed by atoms with Crippen LogP contribution < -0.4 is 4.90 Å². The third-order valence-electron chi connectivity index (χ3n) is 5.23. The van der Waals surface area contributed by atoms with Crippen molar-refractivity contribution in [3.05, 3.63) is 65.3 Å². The zero-order valence-corrected chi connectivity index (χ0v) is 16.7. The van der Waals surface area contributed by atoms with Crippen LogP contribution in [0, 0.1) is 0 Å². The fourth-order valence-corrected chi connectivity index (χ4v) is 3.98. The molecule has 0 bridgehead atoms. The number of rotatable bonds is 4. The molecule has 1 N–H and O–H groups in total. The van der Waals surface area contributed by atoms with Crippen molar-refractivity contribution >= 4 is 17.4 Å². The second kappa shape index (κ2) is 8.29. The third-order valence-corrected chi connectivity index (χ3v) is 5.47. The van der Waals surface area contributed by atoms with Gasteiger partial charge in [-0.1, -0.05) is 54.9 Å². The summed E-state index contributed by atoms with van der Waals surface area (Å²) in [5.74, 6) is 0.798. The Labute approximate surface area is 170 Å². The molecule has 1 aliphatic rings. The number of aliphatic hydroxyl groups is 1. The van der Waals surface area contributed by atoms with Crippen molar-refractivity contribution in [1.82, 2.24) is 9.97 Å². The molecule has 4 rings (SSSR count). The van der Waals surface area contributed by atoms with Gasteiger partial charge >= 0.3 is 0 Å². The number of hydrogen-bond acceptors (Lipinski definition) is 4. The van der Waals surface area contributed by atoms with Gasteiger partial charge in [-0.25, -0.2) is 4.98 Å². The van der Waals surface area contributed by atoms with Crippen molar-refractivity contribution < 1.29 is 5.11 Å². The lowest BCUT2D eigenvalue weighted by Gasteiger charge is -2.31. The van der Waals surface area contributed by atoms with Crippen LogP contribution in [-0.2, 0) is 6.42 Å². The van der Waals surface area contributed by atoms with Crippen LogP contribution in [0.2, 0.25) is 5.02 Å². The van der Waals surface area contributed by atoms with E-state index >= 15 is 0 Å². The first-order chi connectivity index (χ1) is 13.7. The van der Waals surface area contributed by atoms with E-state index in [-0.39, 0.29) is 6.10 Å². The molecule has 2 aromatic carbocycles. The van der Waals surface area contributed by atoms with Crippen LogP contribution in [0.25, 0.3) is 22.5 Å². The molecule has 0 radical (unpaired) electrons. The lowest BCUT2D eigenvalue weighted by atomic mass is 9.98. The Bertz CT molecular complexity index is 976. The number of piperidine rings is 1. The normalized spacial score (nSPS) is 17.0. The Morgan fingerprint density at radius 1 is 1.14 bits per heavy atom. The average Bonchev–Trinajstić information content (AvgIpc) is 2.73. The second-order valence-electron chi connectivity index (χ2n) is 7.19. The topological polar surface area (TPSA) is 49.2 Å². The Morgan fingerprint density at radius 3 is 2.79 bits per heavy atom. The fourth-order valence-electron chi connectivity index (χ4n) is 3.79. The standard InChI is InChI=1S/C23H24ClN3O/c1-2-16-7-3-4-11-20(16)23-22(17-8-5-9-18(24)13-17)26-21(14-25-23)27-12-6-10-19(28)15-27/h3-5,7-9,11,13-14,19,28H,2,6,10,12,15H2,1H3. The van der Waals surface area contributed by atoms with Crippen LogP contribution >= 0.6 is 11.6 Å². The minimum atomic E-state index is -0.314. The van der Waals surface area contributed by atoms with Gasteiger partial charge in [0.05, 0.1) is 23.7 Å². The molecule has 5 heteroatoms. The predicted octanol–water partition coefficient (Wildman–Crippen LogP) is 4.99. The monoisotopic (exact) mass is 393 g/mol. The van der Waals surface area contributed by atoms with Gasteiger partial charge in [-0.3, -0.25) is 4.98 Å². The Morgan fingerprint density at radius 2 is 2.00 bits per heavy atom. The second-order valence-corrected chi connectivity index (χ2v) is 7.62. The lowest BCUT2D eigenvalue weighted by Crippen LogP contribution is -2.38. The Kier molecular flexibility index (Phi) is 5.60. The van der Waals surface area contributed by atoms with E-state index in [0.29, 0.717) is 11.6 Å². The molecule has 0 spiro atoms. The molecule has 0 amide bonds. The van der Waals surface area contributed by atoms with Crippen LogP contribution in [0.4, 0.5) is 5.82 Å². The third kappa shape index (κ3) is 3.89. The summed E-state index contributed by atoms with van der Waals surface area (Å²) in [4.78, 5) is 11.9. The van der Waals surface area contributed by atoms with Gasteiger partial charge in [0.25, 0.3) is 0 Å². The van der Waals surface area contributed by atoms with E-state index in [1.165, 1.54) is 5.56 Å². The molecule has 1 fully saturated rings. The maximum Gasteiger partial charge on any atom is 0.147 e. The van der Waals surface area contributed by atoms with E-state index in [9.17, 15) is 5.11 Å². The number of nitrogens with zero attached hydrogens (tertiary/aromatic N) is 3. The lowest BCUT2D eigenvalue weighted by molar-refractivity contribution is 0.154. The summed E-state index contributed by atoms with van der Waals surface area (Å²) in [5, 5.41) is 10.7. The van der Waals surface area contributed by atoms with Gasteiger partial charge in [-0.2, -0.15) is 0 Å². The van der Waals surface area contributed by atoms with Gasteiger partial charge in [0.15, 0.2) is 0 Å². The Balaban J connectivity index is 1.86. The summed E-state index contributed by atoms with van der Waals surface area (Å²) in [5.41, 5.74) is 4.96. The zero-order chi connectivity index (χ0) is 19.5. The summed E-state index contributed by atoms with van der Waals surface area (Å²) in [6.07, 6.45) is 4.23. The quantitative estimate of drug-likeness (QED) is 0.678. The van der Waals surface area contributed by atoms with E-state index in [1.54, 1.807) is 0 Å². The molecule has 1 aliphatic heterocycles. The van der Waals surface area contributed by atoms with E-state index in [0.717, 1.165) is 54.1 Å². The molecule has 4 nitrogen and oxygen atoms in total. The largest absolute Gasteiger partial charge is 0.391 e. The molecule has 1 aromatic heterocycles. The summed E-state index contributed by atoms with van der Waals surface area (Å²) in [7, 11) is 0. The van der Waals surface area contributed by atoms with Crippen LogP contribution in [0.1, 0.15) is 25.3 Å². The number of halogens is 1. The molecule has 28 heavy (non-hydrogen) atoms. The number of benzene rings is 2. The summed E-state index contributed by atoms with van der Waals surface area (Å²) < 4.78 is 0. The number of aryl methyl sites for hydroxylation is 1. The van der Waals surface area contributed by atoms with Gasteiger partial charge in [0.2, 0.25) is 0 Å². The molecule has 1 unspecified atom stereocenters. The zero-order valence-electron chi connectivity index (χ0n) is 16.0. The van der Waals surface area contributed by atoms with E-state index in [1.807, 2.05) is 36.5 Å². The van der Waals surface area contributed by atoms with Crippen LogP contribution in [0.5, 0.6) is 0 Å². The Hall–Kier alpha value is -2.43. The van der Waals surface area contributed by atoms with Crippen LogP contribution in [-0.4, -0.2) is 34.3 Å². The number of aromatic nitrogens is 2. The highest BCUT2D eigenvalue weighted by molar-refractivity contribution is 6.30. The molecule has 2 heterocycles. The van der Waals surface area contributed by atoms with Gasteiger partial charge in [0, 0.05) is 29.2 Å². The highest BCUT2D eigenvalue weighted by Gasteiger charge is 2.21. The predicted molar refractivity (Wildman–Crippen MR) is 115 cm³/mol. The first kappa shape index (κ1) is 18.9. The van der Waals surface area contributed by atoms with Crippen molar-refractivity contribution in [3.63, 3.8) is 0 Å². The first-order valence-electron chi connectivity index (χ1n) is 9.80. The van der Waals surface area contributed by atoms with Crippen molar-refractivity contribution in [2.24, 2.45) is 0 Å². The molecule has 3 aromatic rings. The van der Waals surface area contributed by atoms with E-state index in [2.05, 4.69) is 30.0 Å². The van der Waals surface area contributed by atoms with Gasteiger partial charge in [-0.15, -0.1) is 0 Å². The van der Waals surface area contributed by atoms with Gasteiger partial charge < -0.3 is 10.0 Å². The maximum absolute atomic E-state index is 10.1. The number of hydrogen-bond donors (Lipinski definition) is 1. The average molecular weight is 394 g/mol. The fraction of sp³-hybridized carbons (Fsp3) is 0.304. The highest BCUT2D eigenvalue weighted by Crippen LogP contribution is 2.34. The SMILES string of the molecule is CCc1ccccc1-c1ncc(N2CCCC(O)C2)nc1-c1cccc(Cl)c1. The highest BCUT2D eigenvalue weighted by atomic mass is 35.5. The van der Waals surface area contributed by atoms with Gasteiger partial charge in [0.1, 0.15) is 5.82 Å². The summed E-state index contributed by atoms with van der Waals surface area (Å²) in [6.45, 7) is 3.62. The first-order valence-corrected chi connectivity index (χ1v) is 10.2. The minimum absolute atomic E-state index is 0.314. The van der Waals surface area contributed by atoms with E-state index in [4.69, 9.17) is 21.6 Å². The smallest absolute Gasteiger partial charge is 0.147 e. The molecular formula is C23H24ClN3O. The molecule has 144 valence electrons. The van der Waals surface area contributed by atoms with Crippen molar-refractivity contribution in [3.8, 4) is 22.5 Å². The van der Waals surface area contributed by atoms with Crippen molar-refractivity contribution in [2.45, 2.75) is 32.3 Å². The summed E-state index contributed by atoms with van der Waals surface area (Å²) in [6, 6.07) is 16.1. The van der Waals surface area contributed by atoms with Gasteiger partial charge in [-0.05, 0) is 37.0 Å². The van der Waals surface area contributed by atoms with Crippen molar-refractivity contribution in [2.75, 3.05) is 18.0 Å². The number of aliphatic hydroxyl groups excluding tert-OH is 1. The minimum Gasteiger partial charge on any atom is -0.391 e. The molecule has 1 atom stereocenters. The summed E-state index contributed by atoms with van der Waals surface area (Å²) >= 11 is 6.27. The molecular weight excluding hydrogens is 370 g/mol. The molecule has 0 saturated carbocycles. The number of β-amino-alcohol motifs (C(OH)–C–C–N with tert-alkyl or cyclic N) is 1. The number of anilines is 1. The van der Waals surface area contributed by atoms with Crippen LogP contribution in [0.15, 0.2) is 54.7 Å². The van der Waals surface area contributed by atoms with Crippen LogP contribution in [0.3, 0.4) is 0 Å². The molecule has 1 saturated heterocycles. The molecule has 0 aliphatic carbocycles.